The first-order valence-electron chi connectivity index (χ1n) is 8.23. The fraction of sp³-hybridized carbons (Fsp3) is 0.167. The van der Waals surface area contributed by atoms with Crippen LogP contribution in [0, 0.1) is 0 Å². The summed E-state index contributed by atoms with van der Waals surface area (Å²) in [7, 11) is 0. The number of amides is 1. The van der Waals surface area contributed by atoms with Crippen LogP contribution < -0.4 is 15.8 Å². The van der Waals surface area contributed by atoms with Crippen LogP contribution in [0.15, 0.2) is 48.7 Å². The van der Waals surface area contributed by atoms with E-state index in [0.717, 1.165) is 0 Å². The lowest BCUT2D eigenvalue weighted by Gasteiger charge is -2.15. The van der Waals surface area contributed by atoms with Gasteiger partial charge in [0.2, 0.25) is 0 Å². The predicted octanol–water partition coefficient (Wildman–Crippen LogP) is 3.70. The number of nitrogens with one attached hydrogen (secondary N) is 1. The molecule has 0 radical (unpaired) electrons. The molecule has 0 aliphatic rings. The van der Waals surface area contributed by atoms with Crippen molar-refractivity contribution < 1.29 is 22.7 Å². The molecule has 3 aromatic rings. The summed E-state index contributed by atoms with van der Waals surface area (Å²) in [6.07, 6.45) is -3.34. The first kappa shape index (κ1) is 19.2. The topological polar surface area (TPSA) is 95.1 Å². The molecule has 10 heteroatoms. The number of rotatable bonds is 5. The Morgan fingerprint density at radius 2 is 1.93 bits per heavy atom. The van der Waals surface area contributed by atoms with Crippen LogP contribution in [0.2, 0.25) is 0 Å². The van der Waals surface area contributed by atoms with E-state index >= 15 is 0 Å². The number of benzene rings is 1. The van der Waals surface area contributed by atoms with Gasteiger partial charge in [-0.2, -0.15) is 5.10 Å². The Morgan fingerprint density at radius 3 is 2.61 bits per heavy atom. The molecule has 28 heavy (non-hydrogen) atoms. The third kappa shape index (κ3) is 4.22. The minimum atomic E-state index is -4.84. The number of ether oxygens (including phenoxy) is 1. The van der Waals surface area contributed by atoms with Gasteiger partial charge in [0.25, 0.3) is 5.91 Å². The molecule has 3 rings (SSSR count). The zero-order valence-corrected chi connectivity index (χ0v) is 14.7. The molecule has 0 aliphatic heterocycles. The molecule has 2 heterocycles. The molecule has 0 bridgehead atoms. The smallest absolute Gasteiger partial charge is 0.405 e. The molecule has 0 atom stereocenters. The Morgan fingerprint density at radius 1 is 1.18 bits per heavy atom. The molecule has 2 aromatic heterocycles. The highest BCUT2D eigenvalue weighted by atomic mass is 19.4. The number of pyridine rings is 1. The minimum absolute atomic E-state index is 0.0555. The van der Waals surface area contributed by atoms with E-state index in [1.54, 1.807) is 12.1 Å². The number of halogens is 3. The normalized spacial score (nSPS) is 11.3. The first-order valence-corrected chi connectivity index (χ1v) is 8.23. The van der Waals surface area contributed by atoms with E-state index in [9.17, 15) is 18.0 Å². The van der Waals surface area contributed by atoms with Crippen molar-refractivity contribution in [2.24, 2.45) is 0 Å². The van der Waals surface area contributed by atoms with Crippen LogP contribution in [0.5, 0.6) is 5.75 Å². The van der Waals surface area contributed by atoms with Gasteiger partial charge in [-0.3, -0.25) is 9.48 Å². The molecule has 146 valence electrons. The van der Waals surface area contributed by atoms with Crippen LogP contribution >= 0.6 is 0 Å². The Kier molecular flexibility index (Phi) is 5.21. The van der Waals surface area contributed by atoms with E-state index < -0.39 is 18.0 Å². The average Bonchev–Trinajstić information content (AvgIpc) is 3.10. The number of hydrogen-bond donors (Lipinski definition) is 2. The van der Waals surface area contributed by atoms with E-state index in [1.165, 1.54) is 41.2 Å². The summed E-state index contributed by atoms with van der Waals surface area (Å²) in [6.45, 7) is 2.36. The first-order chi connectivity index (χ1) is 13.3. The van der Waals surface area contributed by atoms with Crippen molar-refractivity contribution in [3.8, 4) is 16.9 Å². The number of carbonyl (C=O) groups is 1. The molecule has 0 spiro atoms. The molecule has 0 unspecified atom stereocenters. The van der Waals surface area contributed by atoms with Gasteiger partial charge < -0.3 is 15.8 Å². The Bertz CT molecular complexity index is 1000. The molecule has 1 amide bonds. The van der Waals surface area contributed by atoms with Gasteiger partial charge in [0.15, 0.2) is 0 Å². The number of alkyl halides is 3. The van der Waals surface area contributed by atoms with Crippen molar-refractivity contribution >= 4 is 17.5 Å². The van der Waals surface area contributed by atoms with Gasteiger partial charge in [-0.1, -0.05) is 18.2 Å². The fourth-order valence-corrected chi connectivity index (χ4v) is 2.63. The van der Waals surface area contributed by atoms with E-state index in [2.05, 4.69) is 20.1 Å². The molecular formula is C18H16F3N5O2. The van der Waals surface area contributed by atoms with Crippen LogP contribution in [0.1, 0.15) is 17.4 Å². The van der Waals surface area contributed by atoms with Crippen LogP contribution in [-0.4, -0.2) is 27.0 Å². The number of aryl methyl sites for hydroxylation is 1. The number of aromatic nitrogens is 3. The standard InChI is InChI=1S/C18H16F3N5O2/c1-2-26-13(9-10-23-26)17(27)25-15-8-7-12(16(22)24-15)11-5-3-4-6-14(11)28-18(19,20)21/h3-10H,2H2,1H3,(H3,22,24,25,27). The number of carbonyl (C=O) groups excluding carboxylic acids is 1. The van der Waals surface area contributed by atoms with Crippen LogP contribution in [0.25, 0.3) is 11.1 Å². The van der Waals surface area contributed by atoms with Gasteiger partial charge in [-0.15, -0.1) is 13.2 Å². The zero-order chi connectivity index (χ0) is 20.3. The summed E-state index contributed by atoms with van der Waals surface area (Å²) in [5, 5.41) is 6.60. The molecular weight excluding hydrogens is 375 g/mol. The van der Waals surface area contributed by atoms with E-state index in [1.807, 2.05) is 6.92 Å². The lowest BCUT2D eigenvalue weighted by molar-refractivity contribution is -0.274. The van der Waals surface area contributed by atoms with Crippen molar-refractivity contribution in [1.29, 1.82) is 0 Å². The third-order valence-electron chi connectivity index (χ3n) is 3.82. The molecule has 1 aromatic carbocycles. The zero-order valence-electron chi connectivity index (χ0n) is 14.7. The maximum absolute atomic E-state index is 12.6. The van der Waals surface area contributed by atoms with E-state index in [-0.39, 0.29) is 22.8 Å². The van der Waals surface area contributed by atoms with E-state index in [0.29, 0.717) is 12.2 Å². The second-order valence-electron chi connectivity index (χ2n) is 5.66. The largest absolute Gasteiger partial charge is 0.573 e. The van der Waals surface area contributed by atoms with Crippen molar-refractivity contribution in [3.63, 3.8) is 0 Å². The lowest BCUT2D eigenvalue weighted by atomic mass is 10.1. The van der Waals surface area contributed by atoms with Gasteiger partial charge in [0.05, 0.1) is 0 Å². The second-order valence-corrected chi connectivity index (χ2v) is 5.66. The van der Waals surface area contributed by atoms with Crippen molar-refractivity contribution in [3.05, 3.63) is 54.4 Å². The summed E-state index contributed by atoms with van der Waals surface area (Å²) in [5.74, 6) is -0.726. The highest BCUT2D eigenvalue weighted by Crippen LogP contribution is 2.36. The number of hydrogen-bond acceptors (Lipinski definition) is 5. The SMILES string of the molecule is CCn1nccc1C(=O)Nc1ccc(-c2ccccc2OC(F)(F)F)c(N)n1. The van der Waals surface area contributed by atoms with Crippen LogP contribution in [0.3, 0.4) is 0 Å². The van der Waals surface area contributed by atoms with Gasteiger partial charge in [0.1, 0.15) is 23.1 Å². The van der Waals surface area contributed by atoms with Crippen molar-refractivity contribution in [2.45, 2.75) is 19.8 Å². The maximum Gasteiger partial charge on any atom is 0.573 e. The maximum atomic E-state index is 12.6. The fourth-order valence-electron chi connectivity index (χ4n) is 2.63. The number of nitrogens with two attached hydrogens (primary N) is 1. The molecule has 0 saturated carbocycles. The number of anilines is 2. The Hall–Kier alpha value is -3.56. The van der Waals surface area contributed by atoms with Crippen LogP contribution in [-0.2, 0) is 6.54 Å². The lowest BCUT2D eigenvalue weighted by Crippen LogP contribution is -2.18. The highest BCUT2D eigenvalue weighted by Gasteiger charge is 2.32. The number of para-hydroxylation sites is 1. The molecule has 3 N–H and O–H groups in total. The second kappa shape index (κ2) is 7.59. The van der Waals surface area contributed by atoms with E-state index in [4.69, 9.17) is 5.73 Å². The highest BCUT2D eigenvalue weighted by molar-refractivity contribution is 6.02. The minimum Gasteiger partial charge on any atom is -0.405 e. The molecule has 0 saturated heterocycles. The summed E-state index contributed by atoms with van der Waals surface area (Å²) >= 11 is 0. The Labute approximate surface area is 157 Å². The summed E-state index contributed by atoms with van der Waals surface area (Å²) in [4.78, 5) is 16.4. The van der Waals surface area contributed by atoms with Gasteiger partial charge in [-0.25, -0.2) is 4.98 Å². The molecule has 0 aliphatic carbocycles. The average molecular weight is 391 g/mol. The number of nitrogen functional groups attached to an aromatic ring is 1. The molecule has 7 nitrogen and oxygen atoms in total. The van der Waals surface area contributed by atoms with Crippen molar-refractivity contribution in [2.75, 3.05) is 11.1 Å². The monoisotopic (exact) mass is 391 g/mol. The van der Waals surface area contributed by atoms with Crippen LogP contribution in [0.4, 0.5) is 24.8 Å². The Balaban J connectivity index is 1.87. The predicted molar refractivity (Wildman–Crippen MR) is 96.6 cm³/mol. The van der Waals surface area contributed by atoms with Gasteiger partial charge in [0, 0.05) is 23.9 Å². The summed E-state index contributed by atoms with van der Waals surface area (Å²) in [5.41, 5.74) is 6.64. The quantitative estimate of drug-likeness (QED) is 0.692. The summed E-state index contributed by atoms with van der Waals surface area (Å²) < 4.78 is 43.4. The number of nitrogens with zero attached hydrogens (tertiary/aromatic N) is 3. The van der Waals surface area contributed by atoms with Crippen molar-refractivity contribution in [1.82, 2.24) is 14.8 Å². The van der Waals surface area contributed by atoms with Gasteiger partial charge in [-0.05, 0) is 31.2 Å². The molecule has 0 fully saturated rings. The van der Waals surface area contributed by atoms with Gasteiger partial charge >= 0.3 is 6.36 Å². The third-order valence-corrected chi connectivity index (χ3v) is 3.82. The summed E-state index contributed by atoms with van der Waals surface area (Å²) in [6, 6.07) is 10.1.